The Balaban J connectivity index is 0.00000208. The molecule has 1 aromatic heterocycles. The van der Waals surface area contributed by atoms with Crippen molar-refractivity contribution >= 4 is 29.3 Å². The van der Waals surface area contributed by atoms with Gasteiger partial charge in [-0.25, -0.2) is 0 Å². The maximum absolute atomic E-state index is 12.2. The highest BCUT2D eigenvalue weighted by molar-refractivity contribution is 5.89. The quantitative estimate of drug-likeness (QED) is 0.867. The van der Waals surface area contributed by atoms with Crippen molar-refractivity contribution in [3.05, 3.63) is 35.1 Å². The molecule has 1 atom stereocenters. The van der Waals surface area contributed by atoms with Crippen LogP contribution < -0.4 is 10.6 Å². The Morgan fingerprint density at radius 1 is 1.38 bits per heavy atom. The van der Waals surface area contributed by atoms with Gasteiger partial charge in [-0.05, 0) is 63.2 Å². The summed E-state index contributed by atoms with van der Waals surface area (Å²) in [7, 11) is 0. The number of nitrogens with one attached hydrogen (secondary N) is 2. The summed E-state index contributed by atoms with van der Waals surface area (Å²) in [6, 6.07) is 4.14. The highest BCUT2D eigenvalue weighted by Crippen LogP contribution is 2.26. The summed E-state index contributed by atoms with van der Waals surface area (Å²) in [5.74, 6) is 0.777. The molecule has 5 heteroatoms. The molecule has 0 aliphatic carbocycles. The fourth-order valence-corrected chi connectivity index (χ4v) is 3.35. The zero-order valence-electron chi connectivity index (χ0n) is 14.5. The van der Waals surface area contributed by atoms with Crippen molar-refractivity contribution in [2.24, 2.45) is 5.92 Å². The van der Waals surface area contributed by atoms with E-state index in [9.17, 15) is 4.79 Å². The molecule has 0 spiro atoms. The van der Waals surface area contributed by atoms with Gasteiger partial charge in [0.15, 0.2) is 0 Å². The van der Waals surface area contributed by atoms with Gasteiger partial charge in [0.25, 0.3) is 0 Å². The number of carbonyl (C=O) groups excluding carboxylic acids is 1. The van der Waals surface area contributed by atoms with Gasteiger partial charge in [0.05, 0.1) is 12.7 Å². The first-order valence-corrected chi connectivity index (χ1v) is 8.59. The van der Waals surface area contributed by atoms with Crippen LogP contribution in [0.25, 0.3) is 11.0 Å². The van der Waals surface area contributed by atoms with Crippen molar-refractivity contribution in [2.45, 2.75) is 39.5 Å². The average Bonchev–Trinajstić information content (AvgIpc) is 2.95. The van der Waals surface area contributed by atoms with Gasteiger partial charge in [-0.1, -0.05) is 12.1 Å². The molecule has 3 rings (SSSR count). The van der Waals surface area contributed by atoms with Crippen molar-refractivity contribution in [3.63, 3.8) is 0 Å². The Morgan fingerprint density at radius 3 is 2.96 bits per heavy atom. The van der Waals surface area contributed by atoms with Crippen LogP contribution in [0.15, 0.2) is 22.8 Å². The number of furan rings is 1. The molecule has 1 amide bonds. The normalized spacial score (nSPS) is 17.5. The van der Waals surface area contributed by atoms with E-state index in [1.807, 2.05) is 0 Å². The van der Waals surface area contributed by atoms with Crippen LogP contribution in [0.2, 0.25) is 0 Å². The number of piperidine rings is 1. The van der Waals surface area contributed by atoms with Crippen LogP contribution in [0.5, 0.6) is 0 Å². The van der Waals surface area contributed by atoms with E-state index >= 15 is 0 Å². The summed E-state index contributed by atoms with van der Waals surface area (Å²) >= 11 is 0. The minimum absolute atomic E-state index is 0. The molecule has 1 aromatic carbocycles. The lowest BCUT2D eigenvalue weighted by Gasteiger charge is -2.22. The maximum Gasteiger partial charge on any atom is 0.224 e. The van der Waals surface area contributed by atoms with Gasteiger partial charge >= 0.3 is 0 Å². The van der Waals surface area contributed by atoms with Crippen molar-refractivity contribution in [1.82, 2.24) is 10.6 Å². The predicted octanol–water partition coefficient (Wildman–Crippen LogP) is 3.52. The Morgan fingerprint density at radius 2 is 2.21 bits per heavy atom. The van der Waals surface area contributed by atoms with E-state index in [-0.39, 0.29) is 18.3 Å². The van der Waals surface area contributed by atoms with Gasteiger partial charge in [0, 0.05) is 17.5 Å². The standard InChI is InChI=1S/C19H26N2O2.ClH/c1-13-5-6-17-16(12-23-19(17)14(13)2)10-18(22)21-9-7-15-4-3-8-20-11-15;/h5-6,12,15,20H,3-4,7-11H2,1-2H3,(H,21,22);1H. The number of halogens is 1. The van der Waals surface area contributed by atoms with Gasteiger partial charge in [0.1, 0.15) is 5.58 Å². The molecule has 1 saturated heterocycles. The Kier molecular flexibility index (Phi) is 6.69. The molecule has 1 fully saturated rings. The summed E-state index contributed by atoms with van der Waals surface area (Å²) < 4.78 is 5.67. The number of amides is 1. The second-order valence-electron chi connectivity index (χ2n) is 6.67. The Bertz CT molecular complexity index is 690. The van der Waals surface area contributed by atoms with E-state index in [1.54, 1.807) is 6.26 Å². The van der Waals surface area contributed by atoms with E-state index < -0.39 is 0 Å². The molecular weight excluding hydrogens is 324 g/mol. The van der Waals surface area contributed by atoms with Crippen LogP contribution >= 0.6 is 12.4 Å². The number of hydrogen-bond donors (Lipinski definition) is 2. The van der Waals surface area contributed by atoms with Gasteiger partial charge in [-0.2, -0.15) is 0 Å². The molecular formula is C19H27ClN2O2. The van der Waals surface area contributed by atoms with Crippen LogP contribution in [-0.4, -0.2) is 25.5 Å². The molecule has 1 aliphatic rings. The van der Waals surface area contributed by atoms with E-state index in [0.717, 1.165) is 48.2 Å². The topological polar surface area (TPSA) is 54.3 Å². The second kappa shape index (κ2) is 8.54. The number of hydrogen-bond acceptors (Lipinski definition) is 3. The summed E-state index contributed by atoms with van der Waals surface area (Å²) in [4.78, 5) is 12.2. The molecule has 132 valence electrons. The van der Waals surface area contributed by atoms with E-state index in [4.69, 9.17) is 4.42 Å². The Labute approximate surface area is 149 Å². The van der Waals surface area contributed by atoms with Gasteiger partial charge in [-0.3, -0.25) is 4.79 Å². The molecule has 4 nitrogen and oxygen atoms in total. The number of benzene rings is 1. The average molecular weight is 351 g/mol. The van der Waals surface area contributed by atoms with Gasteiger partial charge < -0.3 is 15.1 Å². The highest BCUT2D eigenvalue weighted by Gasteiger charge is 2.15. The SMILES string of the molecule is Cc1ccc2c(CC(=O)NCCC3CCCNC3)coc2c1C.Cl. The van der Waals surface area contributed by atoms with E-state index in [0.29, 0.717) is 12.3 Å². The molecule has 0 saturated carbocycles. The van der Waals surface area contributed by atoms with Crippen molar-refractivity contribution < 1.29 is 9.21 Å². The van der Waals surface area contributed by atoms with E-state index in [2.05, 4.69) is 36.6 Å². The first-order valence-electron chi connectivity index (χ1n) is 8.59. The third kappa shape index (κ3) is 4.31. The molecule has 2 N–H and O–H groups in total. The minimum Gasteiger partial charge on any atom is -0.464 e. The van der Waals surface area contributed by atoms with Crippen LogP contribution in [0, 0.1) is 19.8 Å². The lowest BCUT2D eigenvalue weighted by Crippen LogP contribution is -2.33. The number of rotatable bonds is 5. The largest absolute Gasteiger partial charge is 0.464 e. The monoisotopic (exact) mass is 350 g/mol. The molecule has 2 heterocycles. The van der Waals surface area contributed by atoms with Crippen LogP contribution in [0.3, 0.4) is 0 Å². The zero-order valence-corrected chi connectivity index (χ0v) is 15.3. The predicted molar refractivity (Wildman–Crippen MR) is 99.9 cm³/mol. The molecule has 0 radical (unpaired) electrons. The Hall–Kier alpha value is -1.52. The highest BCUT2D eigenvalue weighted by atomic mass is 35.5. The summed E-state index contributed by atoms with van der Waals surface area (Å²) in [6.07, 6.45) is 5.69. The lowest BCUT2D eigenvalue weighted by atomic mass is 9.96. The number of carbonyl (C=O) groups is 1. The van der Waals surface area contributed by atoms with Gasteiger partial charge in [-0.15, -0.1) is 12.4 Å². The molecule has 1 aliphatic heterocycles. The molecule has 24 heavy (non-hydrogen) atoms. The smallest absolute Gasteiger partial charge is 0.224 e. The first-order chi connectivity index (χ1) is 11.1. The van der Waals surface area contributed by atoms with E-state index in [1.165, 1.54) is 18.4 Å². The maximum atomic E-state index is 12.2. The van der Waals surface area contributed by atoms with Crippen molar-refractivity contribution in [3.8, 4) is 0 Å². The second-order valence-corrected chi connectivity index (χ2v) is 6.67. The van der Waals surface area contributed by atoms with Crippen molar-refractivity contribution in [2.75, 3.05) is 19.6 Å². The molecule has 2 aromatic rings. The molecule has 1 unspecified atom stereocenters. The third-order valence-corrected chi connectivity index (χ3v) is 4.97. The van der Waals surface area contributed by atoms with Crippen molar-refractivity contribution in [1.29, 1.82) is 0 Å². The number of fused-ring (bicyclic) bond motifs is 1. The zero-order chi connectivity index (χ0) is 16.2. The fourth-order valence-electron chi connectivity index (χ4n) is 3.35. The third-order valence-electron chi connectivity index (χ3n) is 4.97. The summed E-state index contributed by atoms with van der Waals surface area (Å²) in [5.41, 5.74) is 4.24. The summed E-state index contributed by atoms with van der Waals surface area (Å²) in [5, 5.41) is 7.52. The summed E-state index contributed by atoms with van der Waals surface area (Å²) in [6.45, 7) is 7.11. The van der Waals surface area contributed by atoms with Crippen LogP contribution in [0.4, 0.5) is 0 Å². The minimum atomic E-state index is 0. The van der Waals surface area contributed by atoms with Crippen LogP contribution in [-0.2, 0) is 11.2 Å². The van der Waals surface area contributed by atoms with Gasteiger partial charge in [0.2, 0.25) is 5.91 Å². The first kappa shape index (κ1) is 18.8. The number of aryl methyl sites for hydroxylation is 2. The lowest BCUT2D eigenvalue weighted by molar-refractivity contribution is -0.120. The molecule has 0 bridgehead atoms. The van der Waals surface area contributed by atoms with Crippen LogP contribution in [0.1, 0.15) is 36.0 Å². The fraction of sp³-hybridized carbons (Fsp3) is 0.526.